The third-order valence-electron chi connectivity index (χ3n) is 9.44. The number of ether oxygens (including phenoxy) is 1. The molecule has 4 saturated carbocycles. The van der Waals surface area contributed by atoms with Crippen LogP contribution in [0.3, 0.4) is 0 Å². The summed E-state index contributed by atoms with van der Waals surface area (Å²) in [6, 6.07) is 0. The van der Waals surface area contributed by atoms with Crippen molar-refractivity contribution in [2.75, 3.05) is 6.61 Å². The molecule has 0 spiro atoms. The average molecular weight is 348 g/mol. The van der Waals surface area contributed by atoms with E-state index in [0.717, 1.165) is 44.8 Å². The van der Waals surface area contributed by atoms with Crippen LogP contribution in [0.4, 0.5) is 0 Å². The minimum Gasteiger partial charge on any atom is -0.394 e. The summed E-state index contributed by atoms with van der Waals surface area (Å²) in [5.41, 5.74) is -0.296. The Morgan fingerprint density at radius 1 is 1.16 bits per heavy atom. The van der Waals surface area contributed by atoms with E-state index in [4.69, 9.17) is 4.74 Å². The summed E-state index contributed by atoms with van der Waals surface area (Å²) in [6.07, 6.45) is 8.93. The second-order valence-electron chi connectivity index (χ2n) is 10.0. The van der Waals surface area contributed by atoms with Crippen molar-refractivity contribution in [3.8, 4) is 0 Å². The summed E-state index contributed by atoms with van der Waals surface area (Å²) in [4.78, 5) is 12.4. The quantitative estimate of drug-likeness (QED) is 0.753. The summed E-state index contributed by atoms with van der Waals surface area (Å²) in [5.74, 6) is 1.86. The Bertz CT molecular complexity index is 564. The van der Waals surface area contributed by atoms with Gasteiger partial charge in [-0.3, -0.25) is 0 Å². The maximum absolute atomic E-state index is 12.4. The van der Waals surface area contributed by atoms with Crippen LogP contribution in [0.1, 0.15) is 58.3 Å². The van der Waals surface area contributed by atoms with Crippen LogP contribution >= 0.6 is 0 Å². The molecule has 4 aliphatic heterocycles. The lowest BCUT2D eigenvalue weighted by Crippen LogP contribution is -2.59. The Balaban J connectivity index is 1.68. The van der Waals surface area contributed by atoms with Gasteiger partial charge in [0, 0.05) is 5.41 Å². The van der Waals surface area contributed by atoms with E-state index in [-0.39, 0.29) is 36.3 Å². The van der Waals surface area contributed by atoms with Gasteiger partial charge < -0.3 is 19.7 Å². The first-order valence-electron chi connectivity index (χ1n) is 10.4. The van der Waals surface area contributed by atoms with Crippen molar-refractivity contribution >= 4 is 6.29 Å². The van der Waals surface area contributed by atoms with Crippen LogP contribution in [0.25, 0.3) is 0 Å². The van der Waals surface area contributed by atoms with Gasteiger partial charge in [0.2, 0.25) is 0 Å². The molecule has 10 atom stereocenters. The van der Waals surface area contributed by atoms with E-state index < -0.39 is 5.41 Å². The number of fused-ring (bicyclic) bond motifs is 1. The molecule has 25 heavy (non-hydrogen) atoms. The highest BCUT2D eigenvalue weighted by molar-refractivity contribution is 5.62. The molecule has 0 aromatic rings. The summed E-state index contributed by atoms with van der Waals surface area (Å²) in [6.45, 7) is 2.41. The van der Waals surface area contributed by atoms with Crippen molar-refractivity contribution in [1.29, 1.82) is 0 Å². The molecule has 8 aliphatic rings. The van der Waals surface area contributed by atoms with Crippen LogP contribution in [0.5, 0.6) is 0 Å². The van der Waals surface area contributed by atoms with Gasteiger partial charge in [-0.2, -0.15) is 0 Å². The van der Waals surface area contributed by atoms with Crippen molar-refractivity contribution < 1.29 is 19.7 Å². The predicted octanol–water partition coefficient (Wildman–Crippen LogP) is 2.55. The Labute approximate surface area is 150 Å². The lowest BCUT2D eigenvalue weighted by atomic mass is 9.44. The topological polar surface area (TPSA) is 66.8 Å². The van der Waals surface area contributed by atoms with Crippen LogP contribution in [0, 0.1) is 40.4 Å². The molecule has 2 unspecified atom stereocenters. The molecule has 0 amide bonds. The molecular formula is C21H32O4. The number of rotatable bonds is 2. The van der Waals surface area contributed by atoms with Crippen LogP contribution in [0.2, 0.25) is 0 Å². The van der Waals surface area contributed by atoms with Gasteiger partial charge in [-0.25, -0.2) is 0 Å². The van der Waals surface area contributed by atoms with Crippen LogP contribution in [-0.2, 0) is 9.53 Å². The molecule has 0 aromatic carbocycles. The molecule has 4 heteroatoms. The zero-order valence-electron chi connectivity index (χ0n) is 15.3. The highest BCUT2D eigenvalue weighted by Gasteiger charge is 2.66. The normalized spacial score (nSPS) is 59.8. The van der Waals surface area contributed by atoms with Crippen molar-refractivity contribution in [2.24, 2.45) is 40.4 Å². The van der Waals surface area contributed by atoms with Gasteiger partial charge in [0.25, 0.3) is 0 Å². The summed E-state index contributed by atoms with van der Waals surface area (Å²) >= 11 is 0. The lowest BCUT2D eigenvalue weighted by molar-refractivity contribution is -0.173. The van der Waals surface area contributed by atoms with Crippen LogP contribution in [-0.4, -0.2) is 41.4 Å². The van der Waals surface area contributed by atoms with Crippen molar-refractivity contribution in [3.63, 3.8) is 0 Å². The third-order valence-corrected chi connectivity index (χ3v) is 9.44. The summed E-state index contributed by atoms with van der Waals surface area (Å²) in [5, 5.41) is 21.4. The molecule has 8 rings (SSSR count). The smallest absolute Gasteiger partial charge is 0.126 e. The van der Waals surface area contributed by atoms with Crippen molar-refractivity contribution in [3.05, 3.63) is 0 Å². The van der Waals surface area contributed by atoms with Crippen LogP contribution in [0.15, 0.2) is 0 Å². The third kappa shape index (κ3) is 2.02. The first-order chi connectivity index (χ1) is 12.0. The Morgan fingerprint density at radius 2 is 1.96 bits per heavy atom. The summed E-state index contributed by atoms with van der Waals surface area (Å²) in [7, 11) is 0. The lowest BCUT2D eigenvalue weighted by Gasteiger charge is -2.61. The van der Waals surface area contributed by atoms with E-state index in [1.54, 1.807) is 0 Å². The molecule has 0 radical (unpaired) electrons. The number of hydrogen-bond acceptors (Lipinski definition) is 4. The maximum Gasteiger partial charge on any atom is 0.126 e. The molecule has 4 heterocycles. The number of aldehydes is 1. The molecular weight excluding hydrogens is 316 g/mol. The van der Waals surface area contributed by atoms with E-state index in [9.17, 15) is 15.0 Å². The van der Waals surface area contributed by atoms with Crippen molar-refractivity contribution in [2.45, 2.75) is 76.6 Å². The molecule has 8 bridgehead atoms. The SMILES string of the molecule is C[C@]12CCC3C[C@H]1CC[C@@H]1[C@@H]2[C@@H](O)C[C@]2(C=O)[C@H](CC[C@@H]12)C(CO)O3. The van der Waals surface area contributed by atoms with Crippen molar-refractivity contribution in [1.82, 2.24) is 0 Å². The largest absolute Gasteiger partial charge is 0.394 e. The highest BCUT2D eigenvalue weighted by Crippen LogP contribution is 2.68. The fourth-order valence-electron chi connectivity index (χ4n) is 8.47. The van der Waals surface area contributed by atoms with E-state index in [1.165, 1.54) is 6.42 Å². The van der Waals surface area contributed by atoms with Gasteiger partial charge in [-0.05, 0) is 86.4 Å². The monoisotopic (exact) mass is 348 g/mol. The molecule has 4 saturated heterocycles. The number of carbonyl (C=O) groups excluding carboxylic acids is 1. The molecule has 0 aromatic heterocycles. The van der Waals surface area contributed by atoms with E-state index >= 15 is 0 Å². The second-order valence-corrected chi connectivity index (χ2v) is 10.0. The maximum atomic E-state index is 12.4. The number of aliphatic hydroxyl groups excluding tert-OH is 2. The van der Waals surface area contributed by atoms with E-state index in [1.807, 2.05) is 0 Å². The van der Waals surface area contributed by atoms with E-state index in [2.05, 4.69) is 6.92 Å². The predicted molar refractivity (Wildman–Crippen MR) is 92.7 cm³/mol. The first kappa shape index (κ1) is 16.7. The van der Waals surface area contributed by atoms with Crippen LogP contribution < -0.4 is 0 Å². The molecule has 140 valence electrons. The van der Waals surface area contributed by atoms with Gasteiger partial charge in [0.15, 0.2) is 0 Å². The minimum absolute atomic E-state index is 0.00436. The van der Waals surface area contributed by atoms with Gasteiger partial charge in [0.1, 0.15) is 6.29 Å². The van der Waals surface area contributed by atoms with E-state index in [0.29, 0.717) is 30.1 Å². The Morgan fingerprint density at radius 3 is 2.72 bits per heavy atom. The fourth-order valence-corrected chi connectivity index (χ4v) is 8.47. The second kappa shape index (κ2) is 5.53. The standard InChI is InChI=1S/C21H32O4/c1-20-7-6-13-8-12(20)2-3-14-15-4-5-16(18(10-22)25-13)21(15,11-23)9-17(24)19(14)20/h11-19,22,24H,2-10H2,1H3/t12-,13?,14+,15+,16-,17+,18?,19-,20+,21-/m1/s1. The molecule has 8 fully saturated rings. The molecule has 4 aliphatic carbocycles. The van der Waals surface area contributed by atoms with Gasteiger partial charge in [0.05, 0.1) is 24.9 Å². The molecule has 4 nitrogen and oxygen atoms in total. The number of hydrogen-bond donors (Lipinski definition) is 2. The molecule has 2 N–H and O–H groups in total. The van der Waals surface area contributed by atoms with Gasteiger partial charge in [-0.1, -0.05) is 6.92 Å². The zero-order chi connectivity index (χ0) is 17.4. The number of aliphatic hydroxyl groups is 2. The van der Waals surface area contributed by atoms with Gasteiger partial charge in [-0.15, -0.1) is 0 Å². The van der Waals surface area contributed by atoms with Gasteiger partial charge >= 0.3 is 0 Å². The fraction of sp³-hybridized carbons (Fsp3) is 0.952. The minimum atomic E-state index is -0.485. The highest BCUT2D eigenvalue weighted by atomic mass is 16.5. The zero-order valence-corrected chi connectivity index (χ0v) is 15.3. The average Bonchev–Trinajstić information content (AvgIpc) is 2.96. The summed E-state index contributed by atoms with van der Waals surface area (Å²) < 4.78 is 6.47. The number of carbonyl (C=O) groups is 1. The Hall–Kier alpha value is -0.450. The first-order valence-corrected chi connectivity index (χ1v) is 10.4. The Kier molecular flexibility index (Phi) is 3.69.